The Morgan fingerprint density at radius 3 is 2.61 bits per heavy atom. The number of aromatic amines is 1. The number of fused-ring (bicyclic) bond motifs is 1. The minimum atomic E-state index is -1.03. The van der Waals surface area contributed by atoms with Crippen molar-refractivity contribution in [2.45, 2.75) is 33.2 Å². The van der Waals surface area contributed by atoms with Crippen LogP contribution in [0.4, 0.5) is 0 Å². The summed E-state index contributed by atoms with van der Waals surface area (Å²) in [4.78, 5) is 26.8. The van der Waals surface area contributed by atoms with Crippen LogP contribution in [0, 0.1) is 11.8 Å². The van der Waals surface area contributed by atoms with E-state index < -0.39 is 12.0 Å². The first-order chi connectivity index (χ1) is 10.8. The summed E-state index contributed by atoms with van der Waals surface area (Å²) in [6, 6.07) is 4.85. The second kappa shape index (κ2) is 7.17. The van der Waals surface area contributed by atoms with Gasteiger partial charge in [0.15, 0.2) is 0 Å². The molecule has 2 rings (SSSR count). The number of hydrogen-bond donors (Lipinski definition) is 3. The van der Waals surface area contributed by atoms with Crippen LogP contribution in [0.2, 0.25) is 0 Å². The van der Waals surface area contributed by atoms with Crippen molar-refractivity contribution in [2.24, 2.45) is 11.8 Å². The lowest BCUT2D eigenvalue weighted by Gasteiger charge is -2.19. The first kappa shape index (κ1) is 17.5. The van der Waals surface area contributed by atoms with E-state index in [-0.39, 0.29) is 24.2 Å². The summed E-state index contributed by atoms with van der Waals surface area (Å²) in [5.74, 6) is -1.32. The minimum absolute atomic E-state index is 0.161. The van der Waals surface area contributed by atoms with Gasteiger partial charge in [0.25, 0.3) is 0 Å². The summed E-state index contributed by atoms with van der Waals surface area (Å²) in [5.41, 5.74) is 1.81. The van der Waals surface area contributed by atoms with Gasteiger partial charge in [-0.05, 0) is 29.7 Å². The smallest absolute Gasteiger partial charge is 0.326 e. The fourth-order valence-electron chi connectivity index (χ4n) is 2.35. The Kier molecular flexibility index (Phi) is 5.46. The molecule has 5 nitrogen and oxygen atoms in total. The quantitative estimate of drug-likeness (QED) is 0.718. The normalized spacial score (nSPS) is 14.0. The van der Waals surface area contributed by atoms with Gasteiger partial charge in [-0.25, -0.2) is 4.79 Å². The third-order valence-corrected chi connectivity index (χ3v) is 4.67. The molecule has 2 aromatic rings. The Bertz CT molecular complexity index is 724. The average molecular weight is 381 g/mol. The summed E-state index contributed by atoms with van der Waals surface area (Å²) in [5, 5.41) is 13.0. The van der Waals surface area contributed by atoms with Gasteiger partial charge in [-0.15, -0.1) is 0 Å². The molecule has 0 aliphatic heterocycles. The van der Waals surface area contributed by atoms with E-state index >= 15 is 0 Å². The van der Waals surface area contributed by atoms with E-state index in [9.17, 15) is 14.7 Å². The van der Waals surface area contributed by atoms with Gasteiger partial charge in [-0.3, -0.25) is 4.79 Å². The van der Waals surface area contributed by atoms with Crippen LogP contribution in [-0.4, -0.2) is 28.0 Å². The van der Waals surface area contributed by atoms with Gasteiger partial charge >= 0.3 is 5.97 Å². The van der Waals surface area contributed by atoms with Crippen molar-refractivity contribution >= 4 is 38.7 Å². The molecule has 1 heterocycles. The van der Waals surface area contributed by atoms with E-state index in [1.165, 1.54) is 0 Å². The van der Waals surface area contributed by atoms with Gasteiger partial charge in [-0.1, -0.05) is 36.7 Å². The molecule has 0 spiro atoms. The number of halogens is 1. The van der Waals surface area contributed by atoms with Crippen molar-refractivity contribution in [2.75, 3.05) is 0 Å². The fraction of sp³-hybridized carbons (Fsp3) is 0.412. The number of benzene rings is 1. The molecule has 1 aromatic heterocycles. The maximum atomic E-state index is 12.2. The van der Waals surface area contributed by atoms with Gasteiger partial charge in [-0.2, -0.15) is 0 Å². The number of aromatic nitrogens is 1. The Balaban J connectivity index is 2.20. The third-order valence-electron chi connectivity index (χ3n) is 4.18. The van der Waals surface area contributed by atoms with E-state index in [1.807, 2.05) is 39.0 Å². The Labute approximate surface area is 143 Å². The highest BCUT2D eigenvalue weighted by molar-refractivity contribution is 9.10. The molecule has 0 fully saturated rings. The maximum Gasteiger partial charge on any atom is 0.326 e. The van der Waals surface area contributed by atoms with Crippen molar-refractivity contribution in [1.29, 1.82) is 0 Å². The molecule has 0 bridgehead atoms. The molecule has 0 aliphatic carbocycles. The predicted octanol–water partition coefficient (Wildman–Crippen LogP) is 3.33. The SMILES string of the molecule is CC(C)C(C)C(=O)NC(Cc1c[nH]c2ccc(Br)cc12)C(=O)O. The molecule has 3 N–H and O–H groups in total. The summed E-state index contributed by atoms with van der Waals surface area (Å²) < 4.78 is 0.926. The highest BCUT2D eigenvalue weighted by Gasteiger charge is 2.25. The molecule has 0 radical (unpaired) electrons. The zero-order valence-corrected chi connectivity index (χ0v) is 15.0. The number of nitrogens with one attached hydrogen (secondary N) is 2. The zero-order chi connectivity index (χ0) is 17.1. The van der Waals surface area contributed by atoms with E-state index in [0.29, 0.717) is 0 Å². The number of carbonyl (C=O) groups is 2. The van der Waals surface area contributed by atoms with Crippen LogP contribution >= 0.6 is 15.9 Å². The number of rotatable bonds is 6. The highest BCUT2D eigenvalue weighted by atomic mass is 79.9. The van der Waals surface area contributed by atoms with Crippen LogP contribution in [0.25, 0.3) is 10.9 Å². The van der Waals surface area contributed by atoms with Crippen LogP contribution in [0.15, 0.2) is 28.9 Å². The average Bonchev–Trinajstić information content (AvgIpc) is 2.87. The molecule has 0 saturated carbocycles. The van der Waals surface area contributed by atoms with Gasteiger partial charge in [0.1, 0.15) is 6.04 Å². The summed E-state index contributed by atoms with van der Waals surface area (Å²) in [7, 11) is 0. The van der Waals surface area contributed by atoms with E-state index in [1.54, 1.807) is 6.20 Å². The lowest BCUT2D eigenvalue weighted by molar-refractivity contribution is -0.142. The van der Waals surface area contributed by atoms with E-state index in [2.05, 4.69) is 26.2 Å². The van der Waals surface area contributed by atoms with Crippen molar-refractivity contribution < 1.29 is 14.7 Å². The van der Waals surface area contributed by atoms with Gasteiger partial charge in [0.2, 0.25) is 5.91 Å². The Morgan fingerprint density at radius 2 is 2.00 bits per heavy atom. The molecular weight excluding hydrogens is 360 g/mol. The topological polar surface area (TPSA) is 82.2 Å². The van der Waals surface area contributed by atoms with Crippen LogP contribution in [0.1, 0.15) is 26.3 Å². The van der Waals surface area contributed by atoms with Crippen molar-refractivity contribution in [3.63, 3.8) is 0 Å². The number of carbonyl (C=O) groups excluding carboxylic acids is 1. The molecule has 2 unspecified atom stereocenters. The molecule has 124 valence electrons. The number of hydrogen-bond acceptors (Lipinski definition) is 2. The van der Waals surface area contributed by atoms with Gasteiger partial charge in [0.05, 0.1) is 0 Å². The molecule has 2 atom stereocenters. The van der Waals surface area contributed by atoms with Crippen LogP contribution in [0.3, 0.4) is 0 Å². The second-order valence-corrected chi connectivity index (χ2v) is 7.06. The predicted molar refractivity (Wildman–Crippen MR) is 93.3 cm³/mol. The molecule has 1 aromatic carbocycles. The Morgan fingerprint density at radius 1 is 1.30 bits per heavy atom. The number of H-pyrrole nitrogens is 1. The van der Waals surface area contributed by atoms with Gasteiger partial charge < -0.3 is 15.4 Å². The lowest BCUT2D eigenvalue weighted by atomic mass is 9.96. The first-order valence-corrected chi connectivity index (χ1v) is 8.37. The molecular formula is C17H21BrN2O3. The monoisotopic (exact) mass is 380 g/mol. The zero-order valence-electron chi connectivity index (χ0n) is 13.4. The Hall–Kier alpha value is -1.82. The number of aliphatic carboxylic acids is 1. The standard InChI is InChI=1S/C17H21BrN2O3/c1-9(2)10(3)16(21)20-15(17(22)23)6-11-8-19-14-5-4-12(18)7-13(11)14/h4-5,7-10,15,19H,6H2,1-3H3,(H,20,21)(H,22,23). The first-order valence-electron chi connectivity index (χ1n) is 7.58. The van der Waals surface area contributed by atoms with Gasteiger partial charge in [0, 0.05) is 33.9 Å². The molecule has 23 heavy (non-hydrogen) atoms. The largest absolute Gasteiger partial charge is 0.480 e. The minimum Gasteiger partial charge on any atom is -0.480 e. The number of carboxylic acids is 1. The van der Waals surface area contributed by atoms with Crippen LogP contribution in [-0.2, 0) is 16.0 Å². The van der Waals surface area contributed by atoms with Crippen molar-refractivity contribution in [3.05, 3.63) is 34.4 Å². The van der Waals surface area contributed by atoms with Crippen molar-refractivity contribution in [3.8, 4) is 0 Å². The molecule has 0 aliphatic rings. The lowest BCUT2D eigenvalue weighted by Crippen LogP contribution is -2.45. The molecule has 6 heteroatoms. The molecule has 0 saturated heterocycles. The third kappa shape index (κ3) is 4.13. The van der Waals surface area contributed by atoms with Crippen LogP contribution in [0.5, 0.6) is 0 Å². The fourth-order valence-corrected chi connectivity index (χ4v) is 2.71. The van der Waals surface area contributed by atoms with E-state index in [0.717, 1.165) is 20.9 Å². The van der Waals surface area contributed by atoms with Crippen LogP contribution < -0.4 is 5.32 Å². The highest BCUT2D eigenvalue weighted by Crippen LogP contribution is 2.24. The summed E-state index contributed by atoms with van der Waals surface area (Å²) in [6.45, 7) is 5.69. The number of amides is 1. The molecule has 1 amide bonds. The van der Waals surface area contributed by atoms with E-state index in [4.69, 9.17) is 0 Å². The number of carboxylic acid groups (broad SMARTS) is 1. The summed E-state index contributed by atoms with van der Waals surface area (Å²) in [6.07, 6.45) is 2.04. The maximum absolute atomic E-state index is 12.2. The second-order valence-electron chi connectivity index (χ2n) is 6.14. The van der Waals surface area contributed by atoms with Crippen molar-refractivity contribution in [1.82, 2.24) is 10.3 Å². The summed E-state index contributed by atoms with van der Waals surface area (Å²) >= 11 is 3.42.